The molecule has 0 fully saturated rings. The molecular weight excluding hydrogens is 556 g/mol. The smallest absolute Gasteiger partial charge is 0.0978 e. The summed E-state index contributed by atoms with van der Waals surface area (Å²) in [4.78, 5) is 10.1. The molecule has 0 radical (unpaired) electrons. The Balaban J connectivity index is 1.41. The SMILES string of the molecule is c1ccc(-c2cccc(-c3c4ccccc4c(-c4cc(-c5ccccc5)nc5c4ccc4cccnc45)c4ccccc34)c2)cc1. The fourth-order valence-electron chi connectivity index (χ4n) is 7.01. The molecule has 0 bridgehead atoms. The minimum absolute atomic E-state index is 0.919. The van der Waals surface area contributed by atoms with Crippen LogP contribution in [0.25, 0.3) is 88.0 Å². The molecule has 0 saturated carbocycles. The molecule has 7 aromatic carbocycles. The van der Waals surface area contributed by atoms with E-state index in [4.69, 9.17) is 9.97 Å². The van der Waals surface area contributed by atoms with Crippen molar-refractivity contribution in [3.05, 3.63) is 170 Å². The number of aromatic nitrogens is 2. The van der Waals surface area contributed by atoms with E-state index in [0.717, 1.165) is 38.6 Å². The van der Waals surface area contributed by atoms with Gasteiger partial charge in [-0.1, -0.05) is 146 Å². The predicted octanol–water partition coefficient (Wildman–Crippen LogP) is 11.8. The molecule has 214 valence electrons. The first kappa shape index (κ1) is 26.3. The summed E-state index contributed by atoms with van der Waals surface area (Å²) in [5, 5.41) is 7.07. The summed E-state index contributed by atoms with van der Waals surface area (Å²) in [5.74, 6) is 0. The Bertz CT molecular complexity index is 2510. The summed E-state index contributed by atoms with van der Waals surface area (Å²) in [6, 6.07) is 58.5. The van der Waals surface area contributed by atoms with Gasteiger partial charge in [-0.2, -0.15) is 0 Å². The van der Waals surface area contributed by atoms with E-state index in [-0.39, 0.29) is 0 Å². The molecule has 0 atom stereocenters. The largest absolute Gasteiger partial charge is 0.254 e. The lowest BCUT2D eigenvalue weighted by Crippen LogP contribution is -1.95. The predicted molar refractivity (Wildman–Crippen MR) is 194 cm³/mol. The van der Waals surface area contributed by atoms with Gasteiger partial charge in [0.05, 0.1) is 16.7 Å². The van der Waals surface area contributed by atoms with Crippen LogP contribution >= 0.6 is 0 Å². The molecule has 0 aliphatic carbocycles. The van der Waals surface area contributed by atoms with Crippen LogP contribution in [0.4, 0.5) is 0 Å². The Morgan fingerprint density at radius 1 is 0.348 bits per heavy atom. The van der Waals surface area contributed by atoms with Crippen molar-refractivity contribution in [2.45, 2.75) is 0 Å². The monoisotopic (exact) mass is 584 g/mol. The molecule has 2 heterocycles. The maximum absolute atomic E-state index is 5.26. The summed E-state index contributed by atoms with van der Waals surface area (Å²) in [7, 11) is 0. The average molecular weight is 585 g/mol. The Hall–Kier alpha value is -6.12. The Kier molecular flexibility index (Phi) is 6.17. The van der Waals surface area contributed by atoms with E-state index in [1.54, 1.807) is 0 Å². The van der Waals surface area contributed by atoms with Gasteiger partial charge in [-0.15, -0.1) is 0 Å². The maximum atomic E-state index is 5.26. The van der Waals surface area contributed by atoms with Crippen molar-refractivity contribution in [3.63, 3.8) is 0 Å². The Morgan fingerprint density at radius 2 is 0.935 bits per heavy atom. The van der Waals surface area contributed by atoms with E-state index in [1.165, 1.54) is 49.4 Å². The maximum Gasteiger partial charge on any atom is 0.0978 e. The molecule has 9 rings (SSSR count). The van der Waals surface area contributed by atoms with Gasteiger partial charge in [0.25, 0.3) is 0 Å². The second-order valence-electron chi connectivity index (χ2n) is 11.7. The fraction of sp³-hybridized carbons (Fsp3) is 0. The number of hydrogen-bond donors (Lipinski definition) is 0. The lowest BCUT2D eigenvalue weighted by Gasteiger charge is -2.20. The molecule has 0 saturated heterocycles. The van der Waals surface area contributed by atoms with Crippen molar-refractivity contribution < 1.29 is 0 Å². The number of fused-ring (bicyclic) bond motifs is 5. The molecule has 0 unspecified atom stereocenters. The normalized spacial score (nSPS) is 11.5. The third-order valence-electron chi connectivity index (χ3n) is 9.08. The van der Waals surface area contributed by atoms with Gasteiger partial charge in [-0.3, -0.25) is 4.98 Å². The van der Waals surface area contributed by atoms with Crippen molar-refractivity contribution in [3.8, 4) is 44.6 Å². The van der Waals surface area contributed by atoms with E-state index in [9.17, 15) is 0 Å². The van der Waals surface area contributed by atoms with Crippen molar-refractivity contribution >= 4 is 43.4 Å². The molecule has 9 aromatic rings. The quantitative estimate of drug-likeness (QED) is 0.152. The highest BCUT2D eigenvalue weighted by molar-refractivity contribution is 6.24. The van der Waals surface area contributed by atoms with E-state index < -0.39 is 0 Å². The summed E-state index contributed by atoms with van der Waals surface area (Å²) in [5.41, 5.74) is 11.1. The molecule has 2 nitrogen and oxygen atoms in total. The van der Waals surface area contributed by atoms with Gasteiger partial charge in [0.15, 0.2) is 0 Å². The van der Waals surface area contributed by atoms with Gasteiger partial charge < -0.3 is 0 Å². The number of pyridine rings is 2. The van der Waals surface area contributed by atoms with Crippen LogP contribution in [0.2, 0.25) is 0 Å². The summed E-state index contributed by atoms with van der Waals surface area (Å²) in [6.07, 6.45) is 1.86. The third-order valence-corrected chi connectivity index (χ3v) is 9.08. The van der Waals surface area contributed by atoms with E-state index in [2.05, 4.69) is 158 Å². The van der Waals surface area contributed by atoms with Gasteiger partial charge in [0.1, 0.15) is 0 Å². The molecular formula is C44H28N2. The van der Waals surface area contributed by atoms with Crippen LogP contribution in [0.1, 0.15) is 0 Å². The highest BCUT2D eigenvalue weighted by atomic mass is 14.8. The lowest BCUT2D eigenvalue weighted by atomic mass is 9.84. The third kappa shape index (κ3) is 4.27. The first-order chi connectivity index (χ1) is 22.8. The van der Waals surface area contributed by atoms with Crippen molar-refractivity contribution in [2.75, 3.05) is 0 Å². The summed E-state index contributed by atoms with van der Waals surface area (Å²) < 4.78 is 0. The zero-order chi connectivity index (χ0) is 30.5. The zero-order valence-corrected chi connectivity index (χ0v) is 25.1. The topological polar surface area (TPSA) is 25.8 Å². The standard InChI is InChI=1S/C44H28N2/c1-3-13-29(14-4-1)32-17-11-18-33(27-32)41-34-20-7-9-22-36(34)42(37-23-10-8-21-35(37)41)39-28-40(30-15-5-2-6-16-30)46-44-38(39)25-24-31-19-12-26-45-43(31)44/h1-28H. The number of hydrogen-bond acceptors (Lipinski definition) is 2. The van der Waals surface area contributed by atoms with Gasteiger partial charge in [0, 0.05) is 22.5 Å². The minimum Gasteiger partial charge on any atom is -0.254 e. The van der Waals surface area contributed by atoms with Crippen LogP contribution in [-0.4, -0.2) is 9.97 Å². The highest BCUT2D eigenvalue weighted by Gasteiger charge is 2.20. The van der Waals surface area contributed by atoms with E-state index in [0.29, 0.717) is 0 Å². The molecule has 46 heavy (non-hydrogen) atoms. The van der Waals surface area contributed by atoms with Gasteiger partial charge in [0.2, 0.25) is 0 Å². The molecule has 0 aliphatic heterocycles. The van der Waals surface area contributed by atoms with Crippen molar-refractivity contribution in [2.24, 2.45) is 0 Å². The first-order valence-electron chi connectivity index (χ1n) is 15.7. The molecule has 2 aromatic heterocycles. The molecule has 0 aliphatic rings. The second kappa shape index (κ2) is 10.8. The zero-order valence-electron chi connectivity index (χ0n) is 25.1. The summed E-state index contributed by atoms with van der Waals surface area (Å²) >= 11 is 0. The first-order valence-corrected chi connectivity index (χ1v) is 15.7. The highest BCUT2D eigenvalue weighted by Crippen LogP contribution is 2.46. The van der Waals surface area contributed by atoms with Gasteiger partial charge in [-0.05, 0) is 73.1 Å². The van der Waals surface area contributed by atoms with Gasteiger partial charge >= 0.3 is 0 Å². The summed E-state index contributed by atoms with van der Waals surface area (Å²) in [6.45, 7) is 0. The van der Waals surface area contributed by atoms with Crippen molar-refractivity contribution in [1.29, 1.82) is 0 Å². The minimum atomic E-state index is 0.919. The molecule has 0 spiro atoms. The number of rotatable bonds is 4. The molecule has 0 amide bonds. The van der Waals surface area contributed by atoms with Crippen LogP contribution in [0.5, 0.6) is 0 Å². The van der Waals surface area contributed by atoms with E-state index in [1.807, 2.05) is 12.3 Å². The molecule has 2 heteroatoms. The van der Waals surface area contributed by atoms with Crippen LogP contribution in [0.3, 0.4) is 0 Å². The Morgan fingerprint density at radius 3 is 1.63 bits per heavy atom. The fourth-order valence-corrected chi connectivity index (χ4v) is 7.01. The van der Waals surface area contributed by atoms with Crippen LogP contribution < -0.4 is 0 Å². The number of nitrogens with zero attached hydrogens (tertiary/aromatic N) is 2. The lowest BCUT2D eigenvalue weighted by molar-refractivity contribution is 1.37. The van der Waals surface area contributed by atoms with Crippen LogP contribution in [-0.2, 0) is 0 Å². The number of benzene rings is 7. The van der Waals surface area contributed by atoms with Crippen LogP contribution in [0, 0.1) is 0 Å². The van der Waals surface area contributed by atoms with Gasteiger partial charge in [-0.25, -0.2) is 4.98 Å². The Labute approximate surface area is 267 Å². The average Bonchev–Trinajstić information content (AvgIpc) is 3.14. The van der Waals surface area contributed by atoms with Crippen LogP contribution in [0.15, 0.2) is 170 Å². The molecule has 0 N–H and O–H groups in total. The van der Waals surface area contributed by atoms with Crippen molar-refractivity contribution in [1.82, 2.24) is 9.97 Å². The second-order valence-corrected chi connectivity index (χ2v) is 11.7. The van der Waals surface area contributed by atoms with E-state index >= 15 is 0 Å².